The van der Waals surface area contributed by atoms with Gasteiger partial charge in [0.2, 0.25) is 0 Å². The van der Waals surface area contributed by atoms with Gasteiger partial charge in [-0.2, -0.15) is 0 Å². The number of ether oxygens (including phenoxy) is 2. The minimum absolute atomic E-state index is 0.0471. The average molecular weight is 320 g/mol. The molecule has 0 aromatic carbocycles. The SMILES string of the molecule is Cc1ccc(O[C@H]2CCC[C@H](C(=O)O)C2)c(N2CCOCC2)n1. The molecule has 6 heteroatoms. The molecule has 1 N–H and O–H groups in total. The summed E-state index contributed by atoms with van der Waals surface area (Å²) in [6.07, 6.45) is 3.08. The number of hydrogen-bond donors (Lipinski definition) is 1. The Morgan fingerprint density at radius 1 is 1.35 bits per heavy atom. The number of carboxylic acid groups (broad SMARTS) is 1. The molecule has 3 rings (SSSR count). The van der Waals surface area contributed by atoms with E-state index in [1.165, 1.54) is 0 Å². The van der Waals surface area contributed by atoms with Crippen molar-refractivity contribution < 1.29 is 19.4 Å². The number of anilines is 1. The predicted molar refractivity (Wildman–Crippen MR) is 86.0 cm³/mol. The highest BCUT2D eigenvalue weighted by molar-refractivity contribution is 5.70. The van der Waals surface area contributed by atoms with Crippen molar-refractivity contribution in [2.24, 2.45) is 5.92 Å². The van der Waals surface area contributed by atoms with E-state index in [1.54, 1.807) is 0 Å². The summed E-state index contributed by atoms with van der Waals surface area (Å²) < 4.78 is 11.6. The molecule has 0 unspecified atom stereocenters. The maximum absolute atomic E-state index is 11.2. The molecule has 1 aromatic heterocycles. The first-order valence-electron chi connectivity index (χ1n) is 8.33. The lowest BCUT2D eigenvalue weighted by molar-refractivity contribution is -0.143. The first kappa shape index (κ1) is 16.1. The molecule has 2 atom stereocenters. The zero-order chi connectivity index (χ0) is 16.2. The van der Waals surface area contributed by atoms with Crippen molar-refractivity contribution in [1.29, 1.82) is 0 Å². The largest absolute Gasteiger partial charge is 0.487 e. The smallest absolute Gasteiger partial charge is 0.306 e. The number of aliphatic carboxylic acids is 1. The standard InChI is InChI=1S/C17H24N2O4/c1-12-5-6-15(16(18-12)19-7-9-22-10-8-19)23-14-4-2-3-13(11-14)17(20)21/h5-6,13-14H,2-4,7-11H2,1H3,(H,20,21)/t13-,14-/m0/s1. The molecule has 1 aliphatic carbocycles. The Labute approximate surface area is 136 Å². The number of nitrogens with zero attached hydrogens (tertiary/aromatic N) is 2. The summed E-state index contributed by atoms with van der Waals surface area (Å²) in [5, 5.41) is 9.23. The second kappa shape index (κ2) is 7.17. The first-order valence-corrected chi connectivity index (χ1v) is 8.33. The number of carboxylic acids is 1. The van der Waals surface area contributed by atoms with Gasteiger partial charge in [0.1, 0.15) is 0 Å². The molecule has 0 bridgehead atoms. The van der Waals surface area contributed by atoms with Crippen LogP contribution in [0.25, 0.3) is 0 Å². The van der Waals surface area contributed by atoms with Crippen LogP contribution in [0.2, 0.25) is 0 Å². The molecule has 2 fully saturated rings. The topological polar surface area (TPSA) is 71.9 Å². The van der Waals surface area contributed by atoms with Gasteiger partial charge in [0.15, 0.2) is 11.6 Å². The molecule has 6 nitrogen and oxygen atoms in total. The van der Waals surface area contributed by atoms with Gasteiger partial charge in [-0.1, -0.05) is 0 Å². The Balaban J connectivity index is 1.75. The van der Waals surface area contributed by atoms with Gasteiger partial charge in [-0.15, -0.1) is 0 Å². The highest BCUT2D eigenvalue weighted by atomic mass is 16.5. The maximum Gasteiger partial charge on any atom is 0.306 e. The van der Waals surface area contributed by atoms with E-state index >= 15 is 0 Å². The van der Waals surface area contributed by atoms with Crippen molar-refractivity contribution in [3.8, 4) is 5.75 Å². The molecule has 1 aromatic rings. The molecule has 1 saturated heterocycles. The van der Waals surface area contributed by atoms with Crippen LogP contribution in [-0.2, 0) is 9.53 Å². The Bertz CT molecular complexity index is 558. The van der Waals surface area contributed by atoms with Gasteiger partial charge in [-0.25, -0.2) is 4.98 Å². The zero-order valence-corrected chi connectivity index (χ0v) is 13.5. The monoisotopic (exact) mass is 320 g/mol. The van der Waals surface area contributed by atoms with E-state index in [9.17, 15) is 9.90 Å². The second-order valence-corrected chi connectivity index (χ2v) is 6.32. The molecular formula is C17H24N2O4. The van der Waals surface area contributed by atoms with Gasteiger partial charge in [0.05, 0.1) is 25.2 Å². The summed E-state index contributed by atoms with van der Waals surface area (Å²) in [6, 6.07) is 3.90. The van der Waals surface area contributed by atoms with Crippen molar-refractivity contribution in [3.05, 3.63) is 17.8 Å². The molecular weight excluding hydrogens is 296 g/mol. The number of aromatic nitrogens is 1. The van der Waals surface area contributed by atoms with Crippen LogP contribution in [0.5, 0.6) is 5.75 Å². The zero-order valence-electron chi connectivity index (χ0n) is 13.5. The fourth-order valence-electron chi connectivity index (χ4n) is 3.28. The lowest BCUT2D eigenvalue weighted by Crippen LogP contribution is -2.37. The van der Waals surface area contributed by atoms with Crippen molar-refractivity contribution in [1.82, 2.24) is 4.98 Å². The van der Waals surface area contributed by atoms with E-state index < -0.39 is 5.97 Å². The van der Waals surface area contributed by atoms with E-state index in [4.69, 9.17) is 9.47 Å². The molecule has 2 heterocycles. The van der Waals surface area contributed by atoms with Gasteiger partial charge in [0, 0.05) is 18.8 Å². The molecule has 1 saturated carbocycles. The van der Waals surface area contributed by atoms with E-state index in [0.717, 1.165) is 49.6 Å². The number of carbonyl (C=O) groups is 1. The lowest BCUT2D eigenvalue weighted by Gasteiger charge is -2.32. The molecule has 0 spiro atoms. The van der Waals surface area contributed by atoms with Gasteiger partial charge in [0.25, 0.3) is 0 Å². The Morgan fingerprint density at radius 3 is 2.87 bits per heavy atom. The van der Waals surface area contributed by atoms with Crippen molar-refractivity contribution in [3.63, 3.8) is 0 Å². The molecule has 126 valence electrons. The highest BCUT2D eigenvalue weighted by Crippen LogP contribution is 2.32. The van der Waals surface area contributed by atoms with Crippen molar-refractivity contribution >= 4 is 11.8 Å². The summed E-state index contributed by atoms with van der Waals surface area (Å²) >= 11 is 0. The maximum atomic E-state index is 11.2. The second-order valence-electron chi connectivity index (χ2n) is 6.32. The van der Waals surface area contributed by atoms with Crippen molar-refractivity contribution in [2.75, 3.05) is 31.2 Å². The van der Waals surface area contributed by atoms with Crippen LogP contribution in [-0.4, -0.2) is 48.5 Å². The van der Waals surface area contributed by atoms with Crippen LogP contribution in [0.3, 0.4) is 0 Å². The molecule has 0 amide bonds. The molecule has 2 aliphatic rings. The number of hydrogen-bond acceptors (Lipinski definition) is 5. The summed E-state index contributed by atoms with van der Waals surface area (Å²) in [5.41, 5.74) is 0.950. The number of rotatable bonds is 4. The average Bonchev–Trinajstić information content (AvgIpc) is 2.57. The summed E-state index contributed by atoms with van der Waals surface area (Å²) in [7, 11) is 0. The van der Waals surface area contributed by atoms with Crippen LogP contribution in [0.1, 0.15) is 31.4 Å². The number of morpholine rings is 1. The third-order valence-electron chi connectivity index (χ3n) is 4.56. The van der Waals surface area contributed by atoms with Crippen LogP contribution < -0.4 is 9.64 Å². The Morgan fingerprint density at radius 2 is 2.13 bits per heavy atom. The fraction of sp³-hybridized carbons (Fsp3) is 0.647. The third kappa shape index (κ3) is 3.93. The van der Waals surface area contributed by atoms with E-state index in [2.05, 4.69) is 9.88 Å². The minimum atomic E-state index is -0.714. The van der Waals surface area contributed by atoms with Gasteiger partial charge >= 0.3 is 5.97 Å². The highest BCUT2D eigenvalue weighted by Gasteiger charge is 2.29. The Hall–Kier alpha value is -1.82. The number of aryl methyl sites for hydroxylation is 1. The molecule has 23 heavy (non-hydrogen) atoms. The van der Waals surface area contributed by atoms with E-state index in [0.29, 0.717) is 19.6 Å². The van der Waals surface area contributed by atoms with Crippen LogP contribution >= 0.6 is 0 Å². The van der Waals surface area contributed by atoms with Crippen LogP contribution in [0.4, 0.5) is 5.82 Å². The third-order valence-corrected chi connectivity index (χ3v) is 4.56. The van der Waals surface area contributed by atoms with Crippen LogP contribution in [0, 0.1) is 12.8 Å². The Kier molecular flexibility index (Phi) is 5.00. The van der Waals surface area contributed by atoms with E-state index in [1.807, 2.05) is 19.1 Å². The lowest BCUT2D eigenvalue weighted by atomic mass is 9.87. The fourth-order valence-corrected chi connectivity index (χ4v) is 3.28. The van der Waals surface area contributed by atoms with E-state index in [-0.39, 0.29) is 12.0 Å². The predicted octanol–water partition coefficient (Wildman–Crippen LogP) is 2.25. The summed E-state index contributed by atoms with van der Waals surface area (Å²) in [6.45, 7) is 4.96. The summed E-state index contributed by atoms with van der Waals surface area (Å²) in [4.78, 5) is 18.1. The minimum Gasteiger partial charge on any atom is -0.487 e. The van der Waals surface area contributed by atoms with Gasteiger partial charge < -0.3 is 19.5 Å². The van der Waals surface area contributed by atoms with Gasteiger partial charge in [-0.05, 0) is 44.7 Å². The molecule has 1 aliphatic heterocycles. The molecule has 0 radical (unpaired) electrons. The van der Waals surface area contributed by atoms with Crippen molar-refractivity contribution in [2.45, 2.75) is 38.7 Å². The van der Waals surface area contributed by atoms with Gasteiger partial charge in [-0.3, -0.25) is 4.79 Å². The number of pyridine rings is 1. The summed E-state index contributed by atoms with van der Waals surface area (Å²) in [5.74, 6) is 0.604. The quantitative estimate of drug-likeness (QED) is 0.917. The normalized spacial score (nSPS) is 25.2. The first-order chi connectivity index (χ1) is 11.1. The van der Waals surface area contributed by atoms with Crippen LogP contribution in [0.15, 0.2) is 12.1 Å².